The average Bonchev–Trinajstić information content (AvgIpc) is 2.74. The second-order valence-corrected chi connectivity index (χ2v) is 8.46. The molecule has 0 heterocycles. The highest BCUT2D eigenvalue weighted by molar-refractivity contribution is 7.92. The van der Waals surface area contributed by atoms with Crippen LogP contribution in [0.1, 0.15) is 22.3 Å². The number of nitrogens with one attached hydrogen (secondary N) is 2. The molecule has 2 N–H and O–H groups in total. The minimum absolute atomic E-state index is 0.161. The molecule has 0 aliphatic heterocycles. The molecule has 0 aromatic heterocycles. The molecule has 3 aromatic carbocycles. The zero-order valence-corrected chi connectivity index (χ0v) is 17.5. The Kier molecular flexibility index (Phi) is 7.08. The van der Waals surface area contributed by atoms with E-state index in [1.165, 1.54) is 18.2 Å². The van der Waals surface area contributed by atoms with Gasteiger partial charge in [-0.25, -0.2) is 8.42 Å². The third kappa shape index (κ3) is 6.09. The third-order valence-electron chi connectivity index (χ3n) is 4.30. The minimum Gasteiger partial charge on any atom is -0.494 e. The molecule has 3 aromatic rings. The van der Waals surface area contributed by atoms with Gasteiger partial charge in [0.1, 0.15) is 5.75 Å². The number of rotatable bonds is 9. The van der Waals surface area contributed by atoms with E-state index < -0.39 is 10.0 Å². The van der Waals surface area contributed by atoms with Crippen LogP contribution >= 0.6 is 0 Å². The van der Waals surface area contributed by atoms with Gasteiger partial charge >= 0.3 is 0 Å². The molecule has 0 fully saturated rings. The highest BCUT2D eigenvalue weighted by atomic mass is 32.2. The predicted octanol–water partition coefficient (Wildman–Crippen LogP) is 3.99. The van der Waals surface area contributed by atoms with E-state index in [0.29, 0.717) is 30.8 Å². The first-order valence-electron chi connectivity index (χ1n) is 9.60. The molecule has 0 atom stereocenters. The number of aryl methyl sites for hydroxylation is 1. The molecule has 3 rings (SSSR count). The van der Waals surface area contributed by atoms with Gasteiger partial charge in [0.25, 0.3) is 15.9 Å². The topological polar surface area (TPSA) is 84.5 Å². The maximum atomic E-state index is 12.4. The molecule has 6 nitrogen and oxygen atoms in total. The lowest BCUT2D eigenvalue weighted by molar-refractivity contribution is 0.0951. The third-order valence-corrected chi connectivity index (χ3v) is 5.69. The number of ether oxygens (including phenoxy) is 1. The molecule has 0 radical (unpaired) electrons. The largest absolute Gasteiger partial charge is 0.494 e. The van der Waals surface area contributed by atoms with Crippen LogP contribution in [0.5, 0.6) is 5.75 Å². The summed E-state index contributed by atoms with van der Waals surface area (Å²) in [5, 5.41) is 2.82. The summed E-state index contributed by atoms with van der Waals surface area (Å²) in [6.07, 6.45) is 0.653. The van der Waals surface area contributed by atoms with Gasteiger partial charge in [-0.2, -0.15) is 0 Å². The number of hydrogen-bond acceptors (Lipinski definition) is 4. The molecule has 1 amide bonds. The maximum absolute atomic E-state index is 12.4. The van der Waals surface area contributed by atoms with Gasteiger partial charge < -0.3 is 10.1 Å². The van der Waals surface area contributed by atoms with Crippen molar-refractivity contribution in [2.24, 2.45) is 0 Å². The number of anilines is 1. The summed E-state index contributed by atoms with van der Waals surface area (Å²) in [6, 6.07) is 22.3. The van der Waals surface area contributed by atoms with Crippen molar-refractivity contribution in [1.29, 1.82) is 0 Å². The number of sulfonamides is 1. The molecule has 7 heteroatoms. The van der Waals surface area contributed by atoms with Crippen molar-refractivity contribution in [3.63, 3.8) is 0 Å². The summed E-state index contributed by atoms with van der Waals surface area (Å²) in [5.74, 6) is 0.533. The van der Waals surface area contributed by atoms with Crippen LogP contribution < -0.4 is 14.8 Å². The molecule has 0 aliphatic carbocycles. The molecule has 0 saturated heterocycles. The first-order valence-corrected chi connectivity index (χ1v) is 11.1. The van der Waals surface area contributed by atoms with Crippen LogP contribution in [-0.4, -0.2) is 27.5 Å². The quantitative estimate of drug-likeness (QED) is 0.509. The minimum atomic E-state index is -3.71. The smallest absolute Gasteiger partial charge is 0.261 e. The average molecular weight is 425 g/mol. The van der Waals surface area contributed by atoms with Crippen LogP contribution in [0.25, 0.3) is 0 Å². The zero-order valence-electron chi connectivity index (χ0n) is 16.7. The fourth-order valence-electron chi connectivity index (χ4n) is 2.81. The molecule has 30 heavy (non-hydrogen) atoms. The summed E-state index contributed by atoms with van der Waals surface area (Å²) < 4.78 is 33.0. The lowest BCUT2D eigenvalue weighted by Gasteiger charge is -2.10. The van der Waals surface area contributed by atoms with E-state index in [-0.39, 0.29) is 10.8 Å². The number of amides is 1. The van der Waals surface area contributed by atoms with Crippen molar-refractivity contribution >= 4 is 21.6 Å². The Morgan fingerprint density at radius 2 is 1.70 bits per heavy atom. The molecule has 0 saturated carbocycles. The van der Waals surface area contributed by atoms with Crippen molar-refractivity contribution < 1.29 is 17.9 Å². The van der Waals surface area contributed by atoms with Gasteiger partial charge in [0.05, 0.1) is 11.5 Å². The van der Waals surface area contributed by atoms with Gasteiger partial charge in [-0.3, -0.25) is 9.52 Å². The Morgan fingerprint density at radius 3 is 2.47 bits per heavy atom. The van der Waals surface area contributed by atoms with E-state index in [1.807, 2.05) is 31.2 Å². The summed E-state index contributed by atoms with van der Waals surface area (Å²) in [5.41, 5.74) is 1.83. The number of carbonyl (C=O) groups excluding carboxylic acids is 1. The van der Waals surface area contributed by atoms with Crippen LogP contribution in [0, 0.1) is 6.92 Å². The normalized spacial score (nSPS) is 11.0. The molecular formula is C23H24N2O4S. The van der Waals surface area contributed by atoms with Crippen molar-refractivity contribution in [3.8, 4) is 5.75 Å². The van der Waals surface area contributed by atoms with Crippen molar-refractivity contribution in [1.82, 2.24) is 5.32 Å². The Labute approximate surface area is 177 Å². The van der Waals surface area contributed by atoms with Crippen LogP contribution in [-0.2, 0) is 10.0 Å². The number of benzene rings is 3. The van der Waals surface area contributed by atoms with Crippen LogP contribution in [0.4, 0.5) is 5.69 Å². The molecular weight excluding hydrogens is 400 g/mol. The van der Waals surface area contributed by atoms with E-state index in [4.69, 9.17) is 4.74 Å². The summed E-state index contributed by atoms with van der Waals surface area (Å²) in [7, 11) is -3.71. The van der Waals surface area contributed by atoms with Crippen LogP contribution in [0.2, 0.25) is 0 Å². The van der Waals surface area contributed by atoms with Gasteiger partial charge in [-0.05, 0) is 61.4 Å². The Bertz CT molecular complexity index is 1100. The zero-order chi connectivity index (χ0) is 21.4. The van der Waals surface area contributed by atoms with Gasteiger partial charge in [0.2, 0.25) is 0 Å². The van der Waals surface area contributed by atoms with Gasteiger partial charge in [0, 0.05) is 17.8 Å². The van der Waals surface area contributed by atoms with Gasteiger partial charge in [-0.1, -0.05) is 36.4 Å². The Balaban J connectivity index is 1.51. The lowest BCUT2D eigenvalue weighted by atomic mass is 10.2. The highest BCUT2D eigenvalue weighted by Gasteiger charge is 2.14. The van der Waals surface area contributed by atoms with Gasteiger partial charge in [0.15, 0.2) is 0 Å². The standard InChI is InChI=1S/C23H24N2O4S/c1-18-8-5-11-21(16-18)29-15-7-14-24-23(26)19-9-6-10-20(17-19)25-30(27,28)22-12-3-2-4-13-22/h2-6,8-13,16-17,25H,7,14-15H2,1H3,(H,24,26). The van der Waals surface area contributed by atoms with E-state index >= 15 is 0 Å². The lowest BCUT2D eigenvalue weighted by Crippen LogP contribution is -2.25. The predicted molar refractivity (Wildman–Crippen MR) is 117 cm³/mol. The monoisotopic (exact) mass is 424 g/mol. The fourth-order valence-corrected chi connectivity index (χ4v) is 3.88. The molecule has 0 bridgehead atoms. The second-order valence-electron chi connectivity index (χ2n) is 6.77. The van der Waals surface area contributed by atoms with Gasteiger partial charge in [-0.15, -0.1) is 0 Å². The van der Waals surface area contributed by atoms with Crippen LogP contribution in [0.15, 0.2) is 83.8 Å². The molecule has 0 aliphatic rings. The van der Waals surface area contributed by atoms with Crippen molar-refractivity contribution in [2.75, 3.05) is 17.9 Å². The van der Waals surface area contributed by atoms with Crippen molar-refractivity contribution in [2.45, 2.75) is 18.2 Å². The summed E-state index contributed by atoms with van der Waals surface area (Å²) >= 11 is 0. The molecule has 156 valence electrons. The van der Waals surface area contributed by atoms with Crippen LogP contribution in [0.3, 0.4) is 0 Å². The van der Waals surface area contributed by atoms with E-state index in [0.717, 1.165) is 11.3 Å². The number of carbonyl (C=O) groups is 1. The Morgan fingerprint density at radius 1 is 0.933 bits per heavy atom. The fraction of sp³-hybridized carbons (Fsp3) is 0.174. The second kappa shape index (κ2) is 9.93. The Hall–Kier alpha value is -3.32. The summed E-state index contributed by atoms with van der Waals surface area (Å²) in [4.78, 5) is 12.5. The number of hydrogen-bond donors (Lipinski definition) is 2. The summed E-state index contributed by atoms with van der Waals surface area (Å²) in [6.45, 7) is 2.94. The highest BCUT2D eigenvalue weighted by Crippen LogP contribution is 2.17. The van der Waals surface area contributed by atoms with E-state index in [9.17, 15) is 13.2 Å². The maximum Gasteiger partial charge on any atom is 0.261 e. The molecule has 0 unspecified atom stereocenters. The first-order chi connectivity index (χ1) is 14.4. The first kappa shape index (κ1) is 21.4. The van der Waals surface area contributed by atoms with E-state index in [1.54, 1.807) is 36.4 Å². The molecule has 0 spiro atoms. The van der Waals surface area contributed by atoms with Crippen molar-refractivity contribution in [3.05, 3.63) is 90.0 Å². The van der Waals surface area contributed by atoms with E-state index in [2.05, 4.69) is 10.0 Å². The SMILES string of the molecule is Cc1cccc(OCCCNC(=O)c2cccc(NS(=O)(=O)c3ccccc3)c2)c1.